The molecule has 156 valence electrons. The van der Waals surface area contributed by atoms with Crippen molar-refractivity contribution >= 4 is 17.6 Å². The minimum Gasteiger partial charge on any atom is -0.462 e. The van der Waals surface area contributed by atoms with Crippen LogP contribution in [0.2, 0.25) is 0 Å². The van der Waals surface area contributed by atoms with Crippen LogP contribution in [0.1, 0.15) is 64.6 Å². The molecular weight excluding hydrogens is 380 g/mol. The van der Waals surface area contributed by atoms with Crippen LogP contribution in [0.15, 0.2) is 48.8 Å². The van der Waals surface area contributed by atoms with Gasteiger partial charge in [-0.15, -0.1) is 0 Å². The van der Waals surface area contributed by atoms with Crippen molar-refractivity contribution in [3.05, 3.63) is 77.1 Å². The molecule has 0 aliphatic carbocycles. The van der Waals surface area contributed by atoms with Crippen LogP contribution in [0.4, 0.5) is 5.69 Å². The average Bonchev–Trinajstić information content (AvgIpc) is 3.16. The highest BCUT2D eigenvalue weighted by Gasteiger charge is 2.15. The van der Waals surface area contributed by atoms with Gasteiger partial charge >= 0.3 is 5.97 Å². The molecule has 0 radical (unpaired) electrons. The fourth-order valence-corrected chi connectivity index (χ4v) is 3.21. The molecule has 3 rings (SSSR count). The Balaban J connectivity index is 1.73. The quantitative estimate of drug-likeness (QED) is 0.595. The van der Waals surface area contributed by atoms with Gasteiger partial charge in [0.15, 0.2) is 0 Å². The average molecular weight is 406 g/mol. The van der Waals surface area contributed by atoms with E-state index in [9.17, 15) is 9.59 Å². The number of nitrogens with zero attached hydrogens (tertiary/aromatic N) is 3. The first kappa shape index (κ1) is 21.2. The number of amides is 1. The number of aromatic nitrogens is 3. The lowest BCUT2D eigenvalue weighted by atomic mass is 10.1. The van der Waals surface area contributed by atoms with E-state index in [0.29, 0.717) is 29.4 Å². The first-order valence-corrected chi connectivity index (χ1v) is 9.95. The summed E-state index contributed by atoms with van der Waals surface area (Å²) in [5.41, 5.74) is 2.78. The molecule has 0 atom stereocenters. The third-order valence-electron chi connectivity index (χ3n) is 4.62. The number of hydrogen-bond donors (Lipinski definition) is 1. The van der Waals surface area contributed by atoms with Gasteiger partial charge in [-0.25, -0.2) is 14.8 Å². The maximum atomic E-state index is 12.6. The largest absolute Gasteiger partial charge is 0.462 e. The molecule has 2 aromatic heterocycles. The van der Waals surface area contributed by atoms with E-state index in [1.54, 1.807) is 26.1 Å². The number of pyridine rings is 1. The minimum absolute atomic E-state index is 0.239. The molecule has 2 heterocycles. The molecule has 7 heteroatoms. The second-order valence-electron chi connectivity index (χ2n) is 7.27. The van der Waals surface area contributed by atoms with Gasteiger partial charge in [0, 0.05) is 30.5 Å². The normalized spacial score (nSPS) is 10.8. The summed E-state index contributed by atoms with van der Waals surface area (Å²) in [6, 6.07) is 10.8. The van der Waals surface area contributed by atoms with E-state index in [1.165, 1.54) is 6.07 Å². The van der Waals surface area contributed by atoms with E-state index in [4.69, 9.17) is 4.74 Å². The molecule has 0 saturated carbocycles. The van der Waals surface area contributed by atoms with Crippen molar-refractivity contribution in [3.8, 4) is 0 Å². The fraction of sp³-hybridized carbons (Fsp3) is 0.304. The van der Waals surface area contributed by atoms with E-state index >= 15 is 0 Å². The Kier molecular flexibility index (Phi) is 6.61. The molecule has 0 fully saturated rings. The Bertz CT molecular complexity index is 1060. The van der Waals surface area contributed by atoms with Crippen LogP contribution in [0.3, 0.4) is 0 Å². The van der Waals surface area contributed by atoms with Crippen LogP contribution < -0.4 is 5.32 Å². The zero-order valence-electron chi connectivity index (χ0n) is 17.7. The maximum Gasteiger partial charge on any atom is 0.339 e. The summed E-state index contributed by atoms with van der Waals surface area (Å²) in [5.74, 6) is 0.569. The Morgan fingerprint density at radius 3 is 2.70 bits per heavy atom. The van der Waals surface area contributed by atoms with E-state index < -0.39 is 5.97 Å². The second-order valence-corrected chi connectivity index (χ2v) is 7.27. The van der Waals surface area contributed by atoms with Gasteiger partial charge in [-0.2, -0.15) is 0 Å². The van der Waals surface area contributed by atoms with E-state index in [1.807, 2.05) is 30.5 Å². The third-order valence-corrected chi connectivity index (χ3v) is 4.62. The number of carbonyl (C=O) groups excluding carboxylic acids is 2. The minimum atomic E-state index is -0.442. The number of ether oxygens (including phenoxy) is 1. The lowest BCUT2D eigenvalue weighted by Gasteiger charge is -2.12. The summed E-state index contributed by atoms with van der Waals surface area (Å²) >= 11 is 0. The van der Waals surface area contributed by atoms with Gasteiger partial charge in [-0.05, 0) is 43.7 Å². The molecule has 30 heavy (non-hydrogen) atoms. The van der Waals surface area contributed by atoms with Crippen LogP contribution >= 0.6 is 0 Å². The fourth-order valence-electron chi connectivity index (χ4n) is 3.21. The molecular formula is C23H26N4O3. The number of anilines is 1. The predicted molar refractivity (Wildman–Crippen MR) is 115 cm³/mol. The van der Waals surface area contributed by atoms with Crippen LogP contribution in [0.25, 0.3) is 0 Å². The van der Waals surface area contributed by atoms with Gasteiger partial charge < -0.3 is 14.6 Å². The molecule has 0 unspecified atom stereocenters. The molecule has 7 nitrogen and oxygen atoms in total. The second kappa shape index (κ2) is 9.35. The maximum absolute atomic E-state index is 12.6. The number of esters is 1. The number of nitrogens with one attached hydrogen (secondary N) is 1. The predicted octanol–water partition coefficient (Wildman–Crippen LogP) is 4.19. The summed E-state index contributed by atoms with van der Waals surface area (Å²) in [6.45, 7) is 8.60. The van der Waals surface area contributed by atoms with Crippen molar-refractivity contribution in [2.75, 3.05) is 11.9 Å². The standard InChI is InChI=1S/C23H26N4O3/c1-5-30-23(29)19-9-10-20(25-16(19)4)22(28)26-18-8-6-7-17(13-18)14-27-12-11-24-21(27)15(2)3/h6-13,15H,5,14H2,1-4H3,(H,26,28). The Morgan fingerprint density at radius 1 is 1.20 bits per heavy atom. The monoisotopic (exact) mass is 406 g/mol. The molecule has 0 spiro atoms. The van der Waals surface area contributed by atoms with E-state index in [2.05, 4.69) is 33.7 Å². The van der Waals surface area contributed by atoms with E-state index in [-0.39, 0.29) is 18.2 Å². The highest BCUT2D eigenvalue weighted by molar-refractivity contribution is 6.03. The molecule has 0 aliphatic heterocycles. The Hall–Kier alpha value is -3.48. The van der Waals surface area contributed by atoms with Gasteiger partial charge in [0.05, 0.1) is 17.9 Å². The van der Waals surface area contributed by atoms with Crippen molar-refractivity contribution in [1.29, 1.82) is 0 Å². The highest BCUT2D eigenvalue weighted by atomic mass is 16.5. The zero-order valence-corrected chi connectivity index (χ0v) is 17.7. The third kappa shape index (κ3) is 4.92. The summed E-state index contributed by atoms with van der Waals surface area (Å²) < 4.78 is 7.10. The number of benzene rings is 1. The summed E-state index contributed by atoms with van der Waals surface area (Å²) in [5, 5.41) is 2.87. The van der Waals surface area contributed by atoms with Crippen molar-refractivity contribution < 1.29 is 14.3 Å². The molecule has 1 aromatic carbocycles. The SMILES string of the molecule is CCOC(=O)c1ccc(C(=O)Nc2cccc(Cn3ccnc3C(C)C)c2)nc1C. The van der Waals surface area contributed by atoms with Gasteiger partial charge in [-0.1, -0.05) is 26.0 Å². The zero-order chi connectivity index (χ0) is 21.7. The first-order chi connectivity index (χ1) is 14.4. The number of aryl methyl sites for hydroxylation is 1. The summed E-state index contributed by atoms with van der Waals surface area (Å²) in [6.07, 6.45) is 3.76. The Morgan fingerprint density at radius 2 is 2.00 bits per heavy atom. The molecule has 3 aromatic rings. The molecule has 1 N–H and O–H groups in total. The summed E-state index contributed by atoms with van der Waals surface area (Å²) in [4.78, 5) is 33.2. The molecule has 0 aliphatic rings. The Labute approximate surface area is 176 Å². The van der Waals surface area contributed by atoms with Crippen molar-refractivity contribution in [2.24, 2.45) is 0 Å². The smallest absolute Gasteiger partial charge is 0.339 e. The lowest BCUT2D eigenvalue weighted by molar-refractivity contribution is 0.0524. The number of carbonyl (C=O) groups is 2. The van der Waals surface area contributed by atoms with Crippen LogP contribution in [-0.4, -0.2) is 33.0 Å². The van der Waals surface area contributed by atoms with Gasteiger partial charge in [-0.3, -0.25) is 4.79 Å². The topological polar surface area (TPSA) is 86.1 Å². The number of imidazole rings is 1. The van der Waals surface area contributed by atoms with Gasteiger partial charge in [0.1, 0.15) is 11.5 Å². The highest BCUT2D eigenvalue weighted by Crippen LogP contribution is 2.17. The van der Waals surface area contributed by atoms with E-state index in [0.717, 1.165) is 11.4 Å². The van der Waals surface area contributed by atoms with Gasteiger partial charge in [0.2, 0.25) is 0 Å². The molecule has 0 bridgehead atoms. The van der Waals surface area contributed by atoms with Crippen molar-refractivity contribution in [1.82, 2.24) is 14.5 Å². The van der Waals surface area contributed by atoms with Crippen LogP contribution in [0, 0.1) is 6.92 Å². The summed E-state index contributed by atoms with van der Waals surface area (Å²) in [7, 11) is 0. The van der Waals surface area contributed by atoms with Crippen molar-refractivity contribution in [2.45, 2.75) is 40.2 Å². The van der Waals surface area contributed by atoms with Crippen LogP contribution in [0.5, 0.6) is 0 Å². The first-order valence-electron chi connectivity index (χ1n) is 9.95. The van der Waals surface area contributed by atoms with Crippen molar-refractivity contribution in [3.63, 3.8) is 0 Å². The van der Waals surface area contributed by atoms with Gasteiger partial charge in [0.25, 0.3) is 5.91 Å². The van der Waals surface area contributed by atoms with Crippen LogP contribution in [-0.2, 0) is 11.3 Å². The molecule has 1 amide bonds. The molecule has 0 saturated heterocycles. The number of rotatable bonds is 7. The number of hydrogen-bond acceptors (Lipinski definition) is 5. The lowest BCUT2D eigenvalue weighted by Crippen LogP contribution is -2.16.